The molecule has 0 aliphatic carbocycles. The maximum atomic E-state index is 12.5. The SMILES string of the molecule is COc1cc(O)c2c(c1OC)O[C@H](c1ccc(O)c(O)c1)[C@@H](O)C2=O. The fourth-order valence-electron chi connectivity index (χ4n) is 2.74. The van der Waals surface area contributed by atoms with E-state index in [0.29, 0.717) is 0 Å². The van der Waals surface area contributed by atoms with Crippen molar-refractivity contribution in [2.45, 2.75) is 12.2 Å². The molecule has 0 saturated carbocycles. The molecule has 3 rings (SSSR count). The van der Waals surface area contributed by atoms with Gasteiger partial charge in [0, 0.05) is 6.07 Å². The van der Waals surface area contributed by atoms with Crippen LogP contribution in [-0.2, 0) is 0 Å². The predicted molar refractivity (Wildman–Crippen MR) is 84.7 cm³/mol. The van der Waals surface area contributed by atoms with Crippen LogP contribution in [0.5, 0.6) is 34.5 Å². The Kier molecular flexibility index (Phi) is 4.05. The Balaban J connectivity index is 2.16. The molecule has 0 amide bonds. The van der Waals surface area contributed by atoms with E-state index in [-0.39, 0.29) is 34.1 Å². The number of fused-ring (bicyclic) bond motifs is 1. The lowest BCUT2D eigenvalue weighted by Crippen LogP contribution is -2.36. The predicted octanol–water partition coefficient (Wildman–Crippen LogP) is 1.50. The number of rotatable bonds is 3. The van der Waals surface area contributed by atoms with E-state index < -0.39 is 29.5 Å². The highest BCUT2D eigenvalue weighted by Crippen LogP contribution is 2.50. The summed E-state index contributed by atoms with van der Waals surface area (Å²) in [6.07, 6.45) is -2.80. The number of phenols is 3. The van der Waals surface area contributed by atoms with Gasteiger partial charge < -0.3 is 34.6 Å². The molecule has 0 radical (unpaired) electrons. The molecule has 2 aromatic rings. The molecule has 1 heterocycles. The van der Waals surface area contributed by atoms with Crippen LogP contribution in [0.25, 0.3) is 0 Å². The molecule has 1 aliphatic heterocycles. The van der Waals surface area contributed by atoms with Crippen molar-refractivity contribution in [3.05, 3.63) is 35.4 Å². The maximum Gasteiger partial charge on any atom is 0.204 e. The number of hydrogen-bond acceptors (Lipinski definition) is 8. The Morgan fingerprint density at radius 3 is 2.32 bits per heavy atom. The quantitative estimate of drug-likeness (QED) is 0.615. The summed E-state index contributed by atoms with van der Waals surface area (Å²) in [5.74, 6) is -1.79. The number of hydrogen-bond donors (Lipinski definition) is 4. The fraction of sp³-hybridized carbons (Fsp3) is 0.235. The second kappa shape index (κ2) is 6.06. The normalized spacial score (nSPS) is 19.1. The highest BCUT2D eigenvalue weighted by atomic mass is 16.5. The van der Waals surface area contributed by atoms with Gasteiger partial charge in [-0.05, 0) is 17.7 Å². The lowest BCUT2D eigenvalue weighted by Gasteiger charge is -2.31. The Bertz CT molecular complexity index is 845. The molecule has 0 aromatic heterocycles. The summed E-state index contributed by atoms with van der Waals surface area (Å²) in [6.45, 7) is 0. The van der Waals surface area contributed by atoms with E-state index in [1.807, 2.05) is 0 Å². The first kappa shape index (κ1) is 16.7. The lowest BCUT2D eigenvalue weighted by molar-refractivity contribution is 0.0197. The van der Waals surface area contributed by atoms with Gasteiger partial charge in [0.25, 0.3) is 0 Å². The van der Waals surface area contributed by atoms with Crippen molar-refractivity contribution >= 4 is 5.78 Å². The number of phenolic OH excluding ortho intramolecular Hbond substituents is 3. The van der Waals surface area contributed by atoms with Gasteiger partial charge in [-0.1, -0.05) is 6.07 Å². The highest BCUT2D eigenvalue weighted by molar-refractivity contribution is 6.06. The van der Waals surface area contributed by atoms with E-state index in [1.54, 1.807) is 0 Å². The number of carbonyl (C=O) groups is 1. The van der Waals surface area contributed by atoms with Gasteiger partial charge in [0.2, 0.25) is 11.5 Å². The van der Waals surface area contributed by atoms with Crippen LogP contribution in [0.2, 0.25) is 0 Å². The summed E-state index contributed by atoms with van der Waals surface area (Å²) >= 11 is 0. The Morgan fingerprint density at radius 1 is 1.00 bits per heavy atom. The van der Waals surface area contributed by atoms with Gasteiger partial charge in [-0.15, -0.1) is 0 Å². The Labute approximate surface area is 142 Å². The molecule has 2 aromatic carbocycles. The first-order valence-electron chi connectivity index (χ1n) is 7.27. The van der Waals surface area contributed by atoms with E-state index in [1.165, 1.54) is 38.5 Å². The van der Waals surface area contributed by atoms with Crippen molar-refractivity contribution in [1.29, 1.82) is 0 Å². The van der Waals surface area contributed by atoms with Gasteiger partial charge in [-0.2, -0.15) is 0 Å². The third kappa shape index (κ3) is 2.56. The van der Waals surface area contributed by atoms with E-state index in [4.69, 9.17) is 14.2 Å². The molecule has 0 bridgehead atoms. The molecular formula is C17H16O8. The number of aliphatic hydroxyl groups is 1. The first-order chi connectivity index (χ1) is 11.9. The van der Waals surface area contributed by atoms with Gasteiger partial charge in [-0.25, -0.2) is 0 Å². The number of aliphatic hydroxyl groups excluding tert-OH is 1. The first-order valence-corrected chi connectivity index (χ1v) is 7.27. The molecule has 0 saturated heterocycles. The molecule has 132 valence electrons. The zero-order chi connectivity index (χ0) is 18.3. The molecule has 1 aliphatic rings. The smallest absolute Gasteiger partial charge is 0.204 e. The number of carbonyl (C=O) groups excluding carboxylic acids is 1. The molecule has 4 N–H and O–H groups in total. The van der Waals surface area contributed by atoms with Crippen LogP contribution in [0, 0.1) is 0 Å². The van der Waals surface area contributed by atoms with Crippen LogP contribution < -0.4 is 14.2 Å². The molecule has 25 heavy (non-hydrogen) atoms. The lowest BCUT2D eigenvalue weighted by atomic mass is 9.92. The minimum atomic E-state index is -1.62. The standard InChI is InChI=1S/C17H16O8/c1-23-11-6-10(20)12-13(21)14(22)15(25-17(12)16(11)24-2)7-3-4-8(18)9(19)5-7/h3-6,14-15,18-20,22H,1-2H3/t14-,15+/m0/s1. The average Bonchev–Trinajstić information content (AvgIpc) is 2.59. The summed E-state index contributed by atoms with van der Waals surface area (Å²) in [7, 11) is 2.70. The third-order valence-corrected chi connectivity index (χ3v) is 3.98. The van der Waals surface area contributed by atoms with Crippen LogP contribution in [0.4, 0.5) is 0 Å². The molecule has 0 spiro atoms. The summed E-state index contributed by atoms with van der Waals surface area (Å²) in [5, 5.41) is 39.5. The second-order valence-electron chi connectivity index (χ2n) is 5.43. The molecular weight excluding hydrogens is 332 g/mol. The van der Waals surface area contributed by atoms with Gasteiger partial charge in [-0.3, -0.25) is 4.79 Å². The molecule has 2 atom stereocenters. The number of benzene rings is 2. The highest BCUT2D eigenvalue weighted by Gasteiger charge is 2.41. The third-order valence-electron chi connectivity index (χ3n) is 3.98. The number of ether oxygens (including phenoxy) is 3. The van der Waals surface area contributed by atoms with E-state index in [2.05, 4.69) is 0 Å². The van der Waals surface area contributed by atoms with Crippen molar-refractivity contribution in [1.82, 2.24) is 0 Å². The summed E-state index contributed by atoms with van der Waals surface area (Å²) in [4.78, 5) is 12.5. The zero-order valence-electron chi connectivity index (χ0n) is 13.4. The van der Waals surface area contributed by atoms with Crippen molar-refractivity contribution in [3.63, 3.8) is 0 Å². The minimum absolute atomic E-state index is 0.0767. The molecule has 0 fully saturated rings. The average molecular weight is 348 g/mol. The van der Waals surface area contributed by atoms with Crippen LogP contribution in [0.1, 0.15) is 22.0 Å². The maximum absolute atomic E-state index is 12.5. The van der Waals surface area contributed by atoms with Gasteiger partial charge in [0.15, 0.2) is 35.2 Å². The zero-order valence-corrected chi connectivity index (χ0v) is 13.4. The molecule has 0 unspecified atom stereocenters. The number of ketones is 1. The van der Waals surface area contributed by atoms with Crippen molar-refractivity contribution < 1.29 is 39.4 Å². The van der Waals surface area contributed by atoms with Crippen LogP contribution in [-0.4, -0.2) is 46.5 Å². The van der Waals surface area contributed by atoms with E-state index in [9.17, 15) is 25.2 Å². The van der Waals surface area contributed by atoms with Crippen LogP contribution >= 0.6 is 0 Å². The van der Waals surface area contributed by atoms with E-state index in [0.717, 1.165) is 0 Å². The van der Waals surface area contributed by atoms with Gasteiger partial charge in [0.05, 0.1) is 14.2 Å². The van der Waals surface area contributed by atoms with Crippen molar-refractivity contribution in [3.8, 4) is 34.5 Å². The Hall–Kier alpha value is -3.13. The number of Topliss-reactive ketones (excluding diaryl/α,β-unsaturated/α-hetero) is 1. The number of methoxy groups -OCH3 is 2. The fourth-order valence-corrected chi connectivity index (χ4v) is 2.74. The van der Waals surface area contributed by atoms with Gasteiger partial charge in [0.1, 0.15) is 11.3 Å². The molecule has 8 nitrogen and oxygen atoms in total. The molecule has 8 heteroatoms. The van der Waals surface area contributed by atoms with Crippen molar-refractivity contribution in [2.24, 2.45) is 0 Å². The van der Waals surface area contributed by atoms with E-state index >= 15 is 0 Å². The topological polar surface area (TPSA) is 126 Å². The Morgan fingerprint density at radius 2 is 1.72 bits per heavy atom. The minimum Gasteiger partial charge on any atom is -0.507 e. The monoisotopic (exact) mass is 348 g/mol. The van der Waals surface area contributed by atoms with Crippen molar-refractivity contribution in [2.75, 3.05) is 14.2 Å². The summed E-state index contributed by atoms with van der Waals surface area (Å²) in [6, 6.07) is 4.97. The van der Waals surface area contributed by atoms with Crippen LogP contribution in [0.3, 0.4) is 0 Å². The van der Waals surface area contributed by atoms with Gasteiger partial charge >= 0.3 is 0 Å². The largest absolute Gasteiger partial charge is 0.507 e. The number of aromatic hydroxyl groups is 3. The van der Waals surface area contributed by atoms with Crippen LogP contribution in [0.15, 0.2) is 24.3 Å². The second-order valence-corrected chi connectivity index (χ2v) is 5.43. The summed E-state index contributed by atoms with van der Waals surface area (Å²) < 4.78 is 16.0. The summed E-state index contributed by atoms with van der Waals surface area (Å²) in [5.41, 5.74) is 0.0376.